The number of anilines is 2. The zero-order valence-corrected chi connectivity index (χ0v) is 21.6. The van der Waals surface area contributed by atoms with Crippen LogP contribution in [0.15, 0.2) is 76.7 Å². The molecule has 196 valence electrons. The van der Waals surface area contributed by atoms with Gasteiger partial charge in [0.2, 0.25) is 0 Å². The number of hydrazone groups is 1. The summed E-state index contributed by atoms with van der Waals surface area (Å²) in [4.78, 5) is 39.4. The van der Waals surface area contributed by atoms with Crippen LogP contribution in [0.1, 0.15) is 41.3 Å². The molecule has 3 amide bonds. The minimum absolute atomic E-state index is 0.126. The summed E-state index contributed by atoms with van der Waals surface area (Å²) >= 11 is 1.60. The summed E-state index contributed by atoms with van der Waals surface area (Å²) in [5.74, 6) is -0.973. The van der Waals surface area contributed by atoms with E-state index in [0.29, 0.717) is 24.1 Å². The number of nitrogens with zero attached hydrogens (tertiary/aromatic N) is 2. The van der Waals surface area contributed by atoms with Gasteiger partial charge in [-0.1, -0.05) is 31.2 Å². The van der Waals surface area contributed by atoms with Crippen molar-refractivity contribution in [2.24, 2.45) is 5.10 Å². The van der Waals surface area contributed by atoms with Gasteiger partial charge in [-0.15, -0.1) is 11.8 Å². The largest absolute Gasteiger partial charge is 0.478 e. The molecule has 8 nitrogen and oxygen atoms in total. The standard InChI is InChI=1S/C28H27FN4O4S/c1-2-14-33-24-13-12-21(38-15-6-8-18-7-3-4-11-22(18)27(35)36)17-23(24)25(26(33)34)31-32-28(37)30-20-10-5-9-19(29)16-20/h3-5,7,9-13,16-17H,2,6,8,14-15H2,1H3,(H,35,36)(H2,30,32,37). The maximum Gasteiger partial charge on any atom is 0.339 e. The summed E-state index contributed by atoms with van der Waals surface area (Å²) in [5, 5.41) is 16.0. The first-order valence-electron chi connectivity index (χ1n) is 12.2. The van der Waals surface area contributed by atoms with Gasteiger partial charge < -0.3 is 15.3 Å². The van der Waals surface area contributed by atoms with Crippen LogP contribution in [-0.2, 0) is 11.2 Å². The van der Waals surface area contributed by atoms with Gasteiger partial charge in [0.1, 0.15) is 5.82 Å². The fourth-order valence-electron chi connectivity index (χ4n) is 4.17. The fourth-order valence-corrected chi connectivity index (χ4v) is 5.06. The van der Waals surface area contributed by atoms with E-state index >= 15 is 0 Å². The van der Waals surface area contributed by atoms with E-state index in [1.165, 1.54) is 18.2 Å². The van der Waals surface area contributed by atoms with Gasteiger partial charge in [-0.05, 0) is 73.0 Å². The van der Waals surface area contributed by atoms with E-state index < -0.39 is 17.8 Å². The van der Waals surface area contributed by atoms with Crippen molar-refractivity contribution >= 4 is 46.8 Å². The van der Waals surface area contributed by atoms with E-state index in [1.54, 1.807) is 34.9 Å². The van der Waals surface area contributed by atoms with E-state index in [1.807, 2.05) is 37.3 Å². The SMILES string of the molecule is CCCN1C(=O)C(=NNC(=O)Nc2cccc(F)c2)c2cc(SCCCc3ccccc3C(=O)O)ccc21. The van der Waals surface area contributed by atoms with Crippen LogP contribution >= 0.6 is 11.8 Å². The fraction of sp³-hybridized carbons (Fsp3) is 0.214. The van der Waals surface area contributed by atoms with Crippen LogP contribution in [0, 0.1) is 5.82 Å². The highest BCUT2D eigenvalue weighted by molar-refractivity contribution is 7.99. The van der Waals surface area contributed by atoms with Crippen LogP contribution in [0.2, 0.25) is 0 Å². The Balaban J connectivity index is 1.45. The summed E-state index contributed by atoms with van der Waals surface area (Å²) < 4.78 is 13.4. The molecule has 0 aromatic heterocycles. The first-order valence-corrected chi connectivity index (χ1v) is 13.2. The Bertz CT molecular complexity index is 1390. The summed E-state index contributed by atoms with van der Waals surface area (Å²) in [6.45, 7) is 2.48. The molecule has 0 saturated heterocycles. The molecule has 3 aromatic carbocycles. The normalized spacial score (nSPS) is 13.5. The number of hydrogen-bond acceptors (Lipinski definition) is 5. The number of carbonyl (C=O) groups excluding carboxylic acids is 2. The van der Waals surface area contributed by atoms with Gasteiger partial charge in [-0.3, -0.25) is 4.79 Å². The molecule has 0 saturated carbocycles. The highest BCUT2D eigenvalue weighted by atomic mass is 32.2. The monoisotopic (exact) mass is 534 g/mol. The second-order valence-electron chi connectivity index (χ2n) is 8.59. The number of hydrogen-bond donors (Lipinski definition) is 3. The van der Waals surface area contributed by atoms with Gasteiger partial charge in [0, 0.05) is 22.7 Å². The molecule has 0 unspecified atom stereocenters. The predicted molar refractivity (Wildman–Crippen MR) is 147 cm³/mol. The average Bonchev–Trinajstić information content (AvgIpc) is 3.15. The van der Waals surface area contributed by atoms with Gasteiger partial charge in [0.15, 0.2) is 5.71 Å². The third-order valence-electron chi connectivity index (χ3n) is 5.87. The lowest BCUT2D eigenvalue weighted by molar-refractivity contribution is -0.112. The summed E-state index contributed by atoms with van der Waals surface area (Å²) in [6, 6.07) is 17.4. The Hall–Kier alpha value is -4.18. The minimum atomic E-state index is -0.932. The zero-order valence-electron chi connectivity index (χ0n) is 20.7. The molecule has 0 fully saturated rings. The molecule has 1 aliphatic heterocycles. The molecule has 38 heavy (non-hydrogen) atoms. The van der Waals surface area contributed by atoms with Crippen molar-refractivity contribution in [3.63, 3.8) is 0 Å². The highest BCUT2D eigenvalue weighted by Gasteiger charge is 2.34. The lowest BCUT2D eigenvalue weighted by Crippen LogP contribution is -2.33. The second-order valence-corrected chi connectivity index (χ2v) is 9.76. The van der Waals surface area contributed by atoms with Crippen molar-refractivity contribution in [3.8, 4) is 0 Å². The van der Waals surface area contributed by atoms with E-state index in [0.717, 1.165) is 34.7 Å². The summed E-state index contributed by atoms with van der Waals surface area (Å²) in [7, 11) is 0. The molecule has 0 aliphatic carbocycles. The highest BCUT2D eigenvalue weighted by Crippen LogP contribution is 2.33. The molecule has 0 bridgehead atoms. The second kappa shape index (κ2) is 12.4. The molecular weight excluding hydrogens is 507 g/mol. The van der Waals surface area contributed by atoms with Gasteiger partial charge >= 0.3 is 12.0 Å². The lowest BCUT2D eigenvalue weighted by atomic mass is 10.0. The molecule has 1 heterocycles. The van der Waals surface area contributed by atoms with Crippen molar-refractivity contribution in [2.45, 2.75) is 31.1 Å². The predicted octanol–water partition coefficient (Wildman–Crippen LogP) is 5.53. The Morgan fingerprint density at radius 2 is 1.89 bits per heavy atom. The van der Waals surface area contributed by atoms with Crippen molar-refractivity contribution in [1.29, 1.82) is 0 Å². The number of carboxylic acids is 1. The number of carbonyl (C=O) groups is 3. The molecule has 3 aromatic rings. The number of rotatable bonds is 10. The number of nitrogens with one attached hydrogen (secondary N) is 2. The molecular formula is C28H27FN4O4S. The van der Waals surface area contributed by atoms with Crippen LogP contribution in [0.3, 0.4) is 0 Å². The van der Waals surface area contributed by atoms with Gasteiger partial charge in [0.05, 0.1) is 11.3 Å². The summed E-state index contributed by atoms with van der Waals surface area (Å²) in [5.41, 5.74) is 5.19. The number of aromatic carboxylic acids is 1. The molecule has 0 spiro atoms. The maximum atomic E-state index is 13.4. The number of thioether (sulfide) groups is 1. The average molecular weight is 535 g/mol. The number of carboxylic acid groups (broad SMARTS) is 1. The quantitative estimate of drug-likeness (QED) is 0.180. The topological polar surface area (TPSA) is 111 Å². The van der Waals surface area contributed by atoms with E-state index in [-0.39, 0.29) is 17.3 Å². The smallest absolute Gasteiger partial charge is 0.339 e. The molecule has 4 rings (SSSR count). The number of amides is 3. The number of benzene rings is 3. The third kappa shape index (κ3) is 6.38. The van der Waals surface area contributed by atoms with Gasteiger partial charge in [-0.2, -0.15) is 5.10 Å². The first kappa shape index (κ1) is 26.9. The van der Waals surface area contributed by atoms with Crippen LogP contribution < -0.4 is 15.6 Å². The molecule has 0 atom stereocenters. The van der Waals surface area contributed by atoms with Crippen molar-refractivity contribution in [2.75, 3.05) is 22.5 Å². The summed E-state index contributed by atoms with van der Waals surface area (Å²) in [6.07, 6.45) is 2.16. The third-order valence-corrected chi connectivity index (χ3v) is 6.95. The number of urea groups is 1. The Labute approximate surface area is 223 Å². The number of fused-ring (bicyclic) bond motifs is 1. The Morgan fingerprint density at radius 1 is 1.08 bits per heavy atom. The van der Waals surface area contributed by atoms with E-state index in [2.05, 4.69) is 15.8 Å². The van der Waals surface area contributed by atoms with Crippen molar-refractivity contribution < 1.29 is 23.9 Å². The van der Waals surface area contributed by atoms with Crippen LogP contribution in [0.4, 0.5) is 20.6 Å². The number of aryl methyl sites for hydroxylation is 1. The van der Waals surface area contributed by atoms with Gasteiger partial charge in [0.25, 0.3) is 5.91 Å². The van der Waals surface area contributed by atoms with Crippen LogP contribution in [0.5, 0.6) is 0 Å². The first-order chi connectivity index (χ1) is 18.4. The van der Waals surface area contributed by atoms with E-state index in [9.17, 15) is 23.9 Å². The van der Waals surface area contributed by atoms with Crippen LogP contribution in [0.25, 0.3) is 0 Å². The number of halogens is 1. The maximum absolute atomic E-state index is 13.4. The molecule has 1 aliphatic rings. The molecule has 3 N–H and O–H groups in total. The zero-order chi connectivity index (χ0) is 27.1. The molecule has 0 radical (unpaired) electrons. The minimum Gasteiger partial charge on any atom is -0.478 e. The van der Waals surface area contributed by atoms with Crippen molar-refractivity contribution in [3.05, 3.63) is 89.2 Å². The Morgan fingerprint density at radius 3 is 2.66 bits per heavy atom. The molecule has 10 heteroatoms. The van der Waals surface area contributed by atoms with Crippen LogP contribution in [-0.4, -0.2) is 41.0 Å². The van der Waals surface area contributed by atoms with Crippen molar-refractivity contribution in [1.82, 2.24) is 5.43 Å². The lowest BCUT2D eigenvalue weighted by Gasteiger charge is -2.15. The van der Waals surface area contributed by atoms with E-state index in [4.69, 9.17) is 0 Å². The Kier molecular flexibility index (Phi) is 8.75. The van der Waals surface area contributed by atoms with Gasteiger partial charge in [-0.25, -0.2) is 19.4 Å².